The van der Waals surface area contributed by atoms with Gasteiger partial charge in [0.2, 0.25) is 0 Å². The minimum atomic E-state index is -0.168. The molecule has 4 rings (SSSR count). The second-order valence-corrected chi connectivity index (χ2v) is 7.90. The summed E-state index contributed by atoms with van der Waals surface area (Å²) in [6.07, 6.45) is 0. The molecule has 0 bridgehead atoms. The van der Waals surface area contributed by atoms with Gasteiger partial charge in [-0.05, 0) is 29.0 Å². The van der Waals surface area contributed by atoms with Gasteiger partial charge in [0.25, 0.3) is 11.8 Å². The van der Waals surface area contributed by atoms with Crippen LogP contribution in [0.3, 0.4) is 0 Å². The van der Waals surface area contributed by atoms with Crippen LogP contribution in [0.5, 0.6) is 5.75 Å². The van der Waals surface area contributed by atoms with Crippen molar-refractivity contribution in [2.24, 2.45) is 0 Å². The molecule has 0 atom stereocenters. The lowest BCUT2D eigenvalue weighted by Crippen LogP contribution is -2.50. The van der Waals surface area contributed by atoms with Crippen LogP contribution in [0.15, 0.2) is 54.6 Å². The van der Waals surface area contributed by atoms with E-state index in [0.29, 0.717) is 43.1 Å². The number of hydrogen-bond donors (Lipinski definition) is 0. The molecule has 154 valence electrons. The van der Waals surface area contributed by atoms with Gasteiger partial charge in [0, 0.05) is 37.3 Å². The van der Waals surface area contributed by atoms with Gasteiger partial charge in [-0.25, -0.2) is 0 Å². The van der Waals surface area contributed by atoms with Crippen molar-refractivity contribution in [3.63, 3.8) is 0 Å². The van der Waals surface area contributed by atoms with E-state index < -0.39 is 0 Å². The third-order valence-electron chi connectivity index (χ3n) is 5.32. The summed E-state index contributed by atoms with van der Waals surface area (Å²) in [5, 5.41) is 2.55. The Morgan fingerprint density at radius 2 is 1.40 bits per heavy atom. The molecule has 1 fully saturated rings. The first-order valence-corrected chi connectivity index (χ1v) is 10.3. The zero-order chi connectivity index (χ0) is 21.3. The van der Waals surface area contributed by atoms with Crippen molar-refractivity contribution in [1.82, 2.24) is 9.80 Å². The highest BCUT2D eigenvalue weighted by molar-refractivity contribution is 6.37. The summed E-state index contributed by atoms with van der Waals surface area (Å²) < 4.78 is 5.14. The van der Waals surface area contributed by atoms with Crippen molar-refractivity contribution in [1.29, 1.82) is 0 Å². The maximum absolute atomic E-state index is 13.1. The Morgan fingerprint density at radius 3 is 2.03 bits per heavy atom. The van der Waals surface area contributed by atoms with Gasteiger partial charge < -0.3 is 14.5 Å². The van der Waals surface area contributed by atoms with Gasteiger partial charge in [0.1, 0.15) is 0 Å². The quantitative estimate of drug-likeness (QED) is 0.587. The predicted octanol–water partition coefficient (Wildman–Crippen LogP) is 4.75. The Balaban J connectivity index is 1.47. The number of carbonyl (C=O) groups is 2. The molecule has 2 amide bonds. The number of hydrogen-bond acceptors (Lipinski definition) is 3. The topological polar surface area (TPSA) is 49.9 Å². The summed E-state index contributed by atoms with van der Waals surface area (Å²) in [5.74, 6) is 0.161. The maximum Gasteiger partial charge on any atom is 0.254 e. The number of rotatable bonds is 3. The lowest BCUT2D eigenvalue weighted by molar-refractivity contribution is 0.0536. The van der Waals surface area contributed by atoms with Gasteiger partial charge in [0.15, 0.2) is 5.75 Å². The molecular formula is C23H20Cl2N2O3. The van der Waals surface area contributed by atoms with E-state index in [4.69, 9.17) is 27.9 Å². The maximum atomic E-state index is 13.1. The minimum Gasteiger partial charge on any atom is -0.494 e. The molecule has 0 unspecified atom stereocenters. The normalized spacial score (nSPS) is 14.1. The second kappa shape index (κ2) is 8.54. The van der Waals surface area contributed by atoms with Crippen LogP contribution >= 0.6 is 23.2 Å². The van der Waals surface area contributed by atoms with Crippen LogP contribution in [0.2, 0.25) is 10.0 Å². The van der Waals surface area contributed by atoms with Gasteiger partial charge in [-0.15, -0.1) is 0 Å². The van der Waals surface area contributed by atoms with E-state index in [1.165, 1.54) is 7.11 Å². The summed E-state index contributed by atoms with van der Waals surface area (Å²) in [4.78, 5) is 29.5. The largest absolute Gasteiger partial charge is 0.494 e. The first-order chi connectivity index (χ1) is 14.5. The standard InChI is InChI=1S/C23H20Cl2N2O3/c1-30-21-19(24)13-16(14-20(21)25)22(28)26-9-11-27(12-10-26)23(29)18-8-4-6-15-5-2-3-7-17(15)18/h2-8,13-14H,9-12H2,1H3. The molecule has 0 saturated carbocycles. The highest BCUT2D eigenvalue weighted by Gasteiger charge is 2.27. The highest BCUT2D eigenvalue weighted by atomic mass is 35.5. The lowest BCUT2D eigenvalue weighted by atomic mass is 10.0. The molecule has 30 heavy (non-hydrogen) atoms. The van der Waals surface area contributed by atoms with Crippen LogP contribution in [0, 0.1) is 0 Å². The van der Waals surface area contributed by atoms with Crippen molar-refractivity contribution in [2.75, 3.05) is 33.3 Å². The summed E-state index contributed by atoms with van der Waals surface area (Å²) in [7, 11) is 1.47. The molecule has 7 heteroatoms. The van der Waals surface area contributed by atoms with Crippen LogP contribution in [0.1, 0.15) is 20.7 Å². The van der Waals surface area contributed by atoms with Crippen molar-refractivity contribution in [3.8, 4) is 5.75 Å². The highest BCUT2D eigenvalue weighted by Crippen LogP contribution is 2.34. The minimum absolute atomic E-state index is 0.0190. The molecule has 0 radical (unpaired) electrons. The van der Waals surface area contributed by atoms with Crippen LogP contribution in [0.4, 0.5) is 0 Å². The number of carbonyl (C=O) groups excluding carboxylic acids is 2. The average molecular weight is 443 g/mol. The summed E-state index contributed by atoms with van der Waals surface area (Å²) in [5.41, 5.74) is 1.08. The smallest absolute Gasteiger partial charge is 0.254 e. The van der Waals surface area contributed by atoms with Crippen LogP contribution in [0.25, 0.3) is 10.8 Å². The molecule has 0 N–H and O–H groups in total. The van der Waals surface area contributed by atoms with E-state index in [0.717, 1.165) is 10.8 Å². The molecule has 0 aromatic heterocycles. The zero-order valence-electron chi connectivity index (χ0n) is 16.4. The van der Waals surface area contributed by atoms with Gasteiger partial charge >= 0.3 is 0 Å². The first-order valence-electron chi connectivity index (χ1n) is 9.59. The third kappa shape index (κ3) is 3.83. The molecule has 3 aromatic carbocycles. The SMILES string of the molecule is COc1c(Cl)cc(C(=O)N2CCN(C(=O)c3cccc4ccccc34)CC2)cc1Cl. The monoisotopic (exact) mass is 442 g/mol. The van der Waals surface area contributed by atoms with E-state index in [9.17, 15) is 9.59 Å². The Labute approximate surface area is 184 Å². The number of benzene rings is 3. The van der Waals surface area contributed by atoms with Crippen molar-refractivity contribution in [2.45, 2.75) is 0 Å². The van der Waals surface area contributed by atoms with E-state index in [2.05, 4.69) is 0 Å². The fourth-order valence-corrected chi connectivity index (χ4v) is 4.40. The Bertz CT molecular complexity index is 1100. The van der Waals surface area contributed by atoms with E-state index in [1.807, 2.05) is 42.5 Å². The average Bonchev–Trinajstić information content (AvgIpc) is 2.77. The van der Waals surface area contributed by atoms with Gasteiger partial charge in [-0.1, -0.05) is 59.6 Å². The Kier molecular flexibility index (Phi) is 5.84. The fourth-order valence-electron chi connectivity index (χ4n) is 3.76. The molecule has 1 saturated heterocycles. The molecule has 1 aliphatic heterocycles. The number of ether oxygens (including phenoxy) is 1. The van der Waals surface area contributed by atoms with Crippen LogP contribution in [-0.4, -0.2) is 54.9 Å². The second-order valence-electron chi connectivity index (χ2n) is 7.08. The molecule has 3 aromatic rings. The molecule has 1 aliphatic rings. The third-order valence-corrected chi connectivity index (χ3v) is 5.89. The Morgan fingerprint density at radius 1 is 0.833 bits per heavy atom. The number of methoxy groups -OCH3 is 1. The first kappa shape index (κ1) is 20.5. The molecule has 5 nitrogen and oxygen atoms in total. The van der Waals surface area contributed by atoms with Gasteiger partial charge in [-0.3, -0.25) is 9.59 Å². The van der Waals surface area contributed by atoms with E-state index >= 15 is 0 Å². The van der Waals surface area contributed by atoms with Crippen LogP contribution in [-0.2, 0) is 0 Å². The number of fused-ring (bicyclic) bond motifs is 1. The summed E-state index contributed by atoms with van der Waals surface area (Å²) in [6, 6.07) is 16.7. The molecule has 1 heterocycles. The predicted molar refractivity (Wildman–Crippen MR) is 119 cm³/mol. The van der Waals surface area contributed by atoms with Crippen molar-refractivity contribution < 1.29 is 14.3 Å². The fraction of sp³-hybridized carbons (Fsp3) is 0.217. The van der Waals surface area contributed by atoms with E-state index in [1.54, 1.807) is 21.9 Å². The number of piperazine rings is 1. The van der Waals surface area contributed by atoms with E-state index in [-0.39, 0.29) is 21.9 Å². The Hall–Kier alpha value is -2.76. The van der Waals surface area contributed by atoms with Crippen LogP contribution < -0.4 is 4.74 Å². The van der Waals surface area contributed by atoms with Crippen molar-refractivity contribution >= 4 is 45.8 Å². The summed E-state index contributed by atoms with van der Waals surface area (Å²) in [6.45, 7) is 1.81. The zero-order valence-corrected chi connectivity index (χ0v) is 17.9. The molecule has 0 spiro atoms. The summed E-state index contributed by atoms with van der Waals surface area (Å²) >= 11 is 12.3. The number of nitrogens with zero attached hydrogens (tertiary/aromatic N) is 2. The van der Waals surface area contributed by atoms with Crippen molar-refractivity contribution in [3.05, 3.63) is 75.8 Å². The number of amides is 2. The molecular weight excluding hydrogens is 423 g/mol. The van der Waals surface area contributed by atoms with Gasteiger partial charge in [0.05, 0.1) is 17.2 Å². The van der Waals surface area contributed by atoms with Gasteiger partial charge in [-0.2, -0.15) is 0 Å². The molecule has 0 aliphatic carbocycles. The lowest BCUT2D eigenvalue weighted by Gasteiger charge is -2.35. The number of halogens is 2.